The van der Waals surface area contributed by atoms with Crippen LogP contribution in [0.3, 0.4) is 0 Å². The summed E-state index contributed by atoms with van der Waals surface area (Å²) in [5.41, 5.74) is 0.617. The number of carbonyl (C=O) groups is 2. The zero-order valence-electron chi connectivity index (χ0n) is 16.3. The monoisotopic (exact) mass is 373 g/mol. The van der Waals surface area contributed by atoms with Crippen LogP contribution in [0.1, 0.15) is 49.9 Å². The van der Waals surface area contributed by atoms with Gasteiger partial charge in [-0.25, -0.2) is 4.98 Å². The molecule has 3 rings (SSSR count). The molecule has 0 aromatic carbocycles. The van der Waals surface area contributed by atoms with Gasteiger partial charge in [-0.05, 0) is 64.1 Å². The molecule has 3 N–H and O–H groups in total. The fraction of sp³-hybridized carbons (Fsp3) is 0.650. The van der Waals surface area contributed by atoms with Crippen LogP contribution in [0.5, 0.6) is 0 Å². The van der Waals surface area contributed by atoms with E-state index in [-0.39, 0.29) is 23.9 Å². The largest absolute Gasteiger partial charge is 0.367 e. The highest BCUT2D eigenvalue weighted by atomic mass is 16.2. The van der Waals surface area contributed by atoms with E-state index >= 15 is 0 Å². The normalized spacial score (nSPS) is 22.7. The predicted molar refractivity (Wildman–Crippen MR) is 106 cm³/mol. The number of piperidine rings is 1. The van der Waals surface area contributed by atoms with Crippen LogP contribution in [0, 0.1) is 5.92 Å². The van der Waals surface area contributed by atoms with E-state index in [9.17, 15) is 9.59 Å². The van der Waals surface area contributed by atoms with Gasteiger partial charge in [0.2, 0.25) is 5.91 Å². The molecule has 148 valence electrons. The van der Waals surface area contributed by atoms with Gasteiger partial charge in [-0.15, -0.1) is 0 Å². The summed E-state index contributed by atoms with van der Waals surface area (Å²) in [5.74, 6) is 1.04. The maximum absolute atomic E-state index is 13.0. The Hall–Kier alpha value is -2.15. The Kier molecular flexibility index (Phi) is 6.66. The molecule has 0 bridgehead atoms. The highest BCUT2D eigenvalue weighted by molar-refractivity contribution is 5.98. The van der Waals surface area contributed by atoms with Gasteiger partial charge in [-0.3, -0.25) is 9.59 Å². The van der Waals surface area contributed by atoms with E-state index in [2.05, 4.69) is 20.9 Å². The second-order valence-corrected chi connectivity index (χ2v) is 7.85. The van der Waals surface area contributed by atoms with Crippen molar-refractivity contribution in [3.63, 3.8) is 0 Å². The summed E-state index contributed by atoms with van der Waals surface area (Å²) in [7, 11) is 0. The third kappa shape index (κ3) is 5.19. The molecule has 1 aromatic rings. The zero-order chi connectivity index (χ0) is 19.2. The maximum Gasteiger partial charge on any atom is 0.257 e. The molecule has 0 radical (unpaired) electrons. The van der Waals surface area contributed by atoms with E-state index < -0.39 is 0 Å². The van der Waals surface area contributed by atoms with Crippen molar-refractivity contribution >= 4 is 17.6 Å². The van der Waals surface area contributed by atoms with E-state index in [1.54, 1.807) is 12.3 Å². The summed E-state index contributed by atoms with van der Waals surface area (Å²) in [5, 5.41) is 9.54. The van der Waals surface area contributed by atoms with Crippen LogP contribution in [-0.2, 0) is 4.79 Å². The number of hydrogen-bond donors (Lipinski definition) is 3. The van der Waals surface area contributed by atoms with Crippen molar-refractivity contribution < 1.29 is 9.59 Å². The summed E-state index contributed by atoms with van der Waals surface area (Å²) in [6.45, 7) is 7.03. The third-order valence-electron chi connectivity index (χ3n) is 5.21. The fourth-order valence-electron chi connectivity index (χ4n) is 3.83. The molecule has 1 aromatic heterocycles. The van der Waals surface area contributed by atoms with Gasteiger partial charge < -0.3 is 20.9 Å². The molecule has 0 aliphatic carbocycles. The van der Waals surface area contributed by atoms with Gasteiger partial charge in [0.15, 0.2) is 0 Å². The number of pyridine rings is 1. The molecular formula is C20H31N5O2. The van der Waals surface area contributed by atoms with E-state index in [0.29, 0.717) is 30.4 Å². The molecule has 7 nitrogen and oxygen atoms in total. The van der Waals surface area contributed by atoms with E-state index in [1.807, 2.05) is 24.8 Å². The predicted octanol–water partition coefficient (Wildman–Crippen LogP) is 1.62. The molecular weight excluding hydrogens is 342 g/mol. The van der Waals surface area contributed by atoms with Crippen LogP contribution >= 0.6 is 0 Å². The summed E-state index contributed by atoms with van der Waals surface area (Å²) >= 11 is 0. The van der Waals surface area contributed by atoms with Crippen LogP contribution in [0.25, 0.3) is 0 Å². The van der Waals surface area contributed by atoms with Gasteiger partial charge >= 0.3 is 0 Å². The summed E-state index contributed by atoms with van der Waals surface area (Å²) in [6.07, 6.45) is 5.66. The lowest BCUT2D eigenvalue weighted by atomic mass is 9.97. The first-order valence-electron chi connectivity index (χ1n) is 10.1. The number of likely N-dealkylation sites (tertiary alicyclic amines) is 1. The topological polar surface area (TPSA) is 86.4 Å². The van der Waals surface area contributed by atoms with Crippen molar-refractivity contribution in [1.29, 1.82) is 0 Å². The minimum atomic E-state index is -0.0496. The number of nitrogens with zero attached hydrogens (tertiary/aromatic N) is 2. The molecule has 2 aliphatic heterocycles. The molecule has 2 fully saturated rings. The van der Waals surface area contributed by atoms with E-state index in [1.165, 1.54) is 0 Å². The van der Waals surface area contributed by atoms with Crippen molar-refractivity contribution in [2.75, 3.05) is 31.5 Å². The zero-order valence-corrected chi connectivity index (χ0v) is 16.3. The SMILES string of the molecule is CC(C)Nc1ncccc1C(=O)N1CCCC(CNC(=O)C2CCCN2)C1. The first-order valence-corrected chi connectivity index (χ1v) is 10.1. The number of nitrogens with one attached hydrogen (secondary N) is 3. The quantitative estimate of drug-likeness (QED) is 0.705. The number of amides is 2. The van der Waals surface area contributed by atoms with Gasteiger partial charge in [-0.1, -0.05) is 0 Å². The lowest BCUT2D eigenvalue weighted by Crippen LogP contribution is -2.46. The van der Waals surface area contributed by atoms with Gasteiger partial charge in [-0.2, -0.15) is 0 Å². The molecule has 3 heterocycles. The number of rotatable bonds is 6. The number of aromatic nitrogens is 1. The van der Waals surface area contributed by atoms with Crippen LogP contribution < -0.4 is 16.0 Å². The minimum absolute atomic E-state index is 0.0136. The van der Waals surface area contributed by atoms with E-state index in [0.717, 1.165) is 38.8 Å². The van der Waals surface area contributed by atoms with Crippen molar-refractivity contribution in [2.45, 2.75) is 51.6 Å². The first-order chi connectivity index (χ1) is 13.0. The summed E-state index contributed by atoms with van der Waals surface area (Å²) in [4.78, 5) is 31.5. The Morgan fingerprint density at radius 1 is 1.33 bits per heavy atom. The fourth-order valence-corrected chi connectivity index (χ4v) is 3.83. The van der Waals surface area contributed by atoms with Crippen molar-refractivity contribution in [2.24, 2.45) is 5.92 Å². The van der Waals surface area contributed by atoms with Crippen LogP contribution in [0.4, 0.5) is 5.82 Å². The summed E-state index contributed by atoms with van der Waals surface area (Å²) in [6, 6.07) is 3.79. The third-order valence-corrected chi connectivity index (χ3v) is 5.21. The highest BCUT2D eigenvalue weighted by Gasteiger charge is 2.28. The maximum atomic E-state index is 13.0. The van der Waals surface area contributed by atoms with Gasteiger partial charge in [0, 0.05) is 31.9 Å². The number of anilines is 1. The Morgan fingerprint density at radius 2 is 2.19 bits per heavy atom. The van der Waals surface area contributed by atoms with Gasteiger partial charge in [0.25, 0.3) is 5.91 Å². The Bertz CT molecular complexity index is 658. The van der Waals surface area contributed by atoms with Crippen LogP contribution in [0.2, 0.25) is 0 Å². The molecule has 2 amide bonds. The van der Waals surface area contributed by atoms with Crippen LogP contribution in [-0.4, -0.2) is 60.0 Å². The van der Waals surface area contributed by atoms with Gasteiger partial charge in [0.1, 0.15) is 5.82 Å². The Morgan fingerprint density at radius 3 is 2.93 bits per heavy atom. The second kappa shape index (κ2) is 9.17. The molecule has 7 heteroatoms. The average Bonchev–Trinajstić information content (AvgIpc) is 3.21. The molecule has 0 spiro atoms. The average molecular weight is 374 g/mol. The molecule has 2 saturated heterocycles. The van der Waals surface area contributed by atoms with Crippen LogP contribution in [0.15, 0.2) is 18.3 Å². The lowest BCUT2D eigenvalue weighted by molar-refractivity contribution is -0.123. The molecule has 0 saturated carbocycles. The Labute approximate surface area is 161 Å². The smallest absolute Gasteiger partial charge is 0.257 e. The second-order valence-electron chi connectivity index (χ2n) is 7.85. The standard InChI is InChI=1S/C20H31N5O2/c1-14(2)24-18-16(7-3-10-22-18)20(27)25-11-5-6-15(13-25)12-23-19(26)17-8-4-9-21-17/h3,7,10,14-15,17,21H,4-6,8-9,11-13H2,1-2H3,(H,22,24)(H,23,26). The van der Waals surface area contributed by atoms with Crippen molar-refractivity contribution in [1.82, 2.24) is 20.5 Å². The van der Waals surface area contributed by atoms with Gasteiger partial charge in [0.05, 0.1) is 11.6 Å². The Balaban J connectivity index is 1.57. The van der Waals surface area contributed by atoms with E-state index in [4.69, 9.17) is 0 Å². The number of carbonyl (C=O) groups excluding carboxylic acids is 2. The molecule has 2 atom stereocenters. The highest BCUT2D eigenvalue weighted by Crippen LogP contribution is 2.21. The van der Waals surface area contributed by atoms with Crippen molar-refractivity contribution in [3.8, 4) is 0 Å². The summed E-state index contributed by atoms with van der Waals surface area (Å²) < 4.78 is 0. The van der Waals surface area contributed by atoms with Crippen molar-refractivity contribution in [3.05, 3.63) is 23.9 Å². The minimum Gasteiger partial charge on any atom is -0.367 e. The lowest BCUT2D eigenvalue weighted by Gasteiger charge is -2.33. The number of hydrogen-bond acceptors (Lipinski definition) is 5. The molecule has 2 unspecified atom stereocenters. The molecule has 2 aliphatic rings. The first kappa shape index (κ1) is 19.6. The molecule has 27 heavy (non-hydrogen) atoms.